The molecule has 0 aliphatic carbocycles. The number of thioether (sulfide) groups is 1. The largest absolute Gasteiger partial charge is 0.443 e. The molecule has 0 aliphatic heterocycles. The number of carbonyl (C=O) groups excluding carboxylic acids is 2. The van der Waals surface area contributed by atoms with Crippen LogP contribution in [0.15, 0.2) is 59.9 Å². The minimum atomic E-state index is -0.592. The van der Waals surface area contributed by atoms with Gasteiger partial charge in [0, 0.05) is 37.9 Å². The molecule has 0 fully saturated rings. The van der Waals surface area contributed by atoms with Crippen molar-refractivity contribution in [2.24, 2.45) is 0 Å². The lowest BCUT2D eigenvalue weighted by Gasteiger charge is -2.24. The zero-order valence-electron chi connectivity index (χ0n) is 21.3. The van der Waals surface area contributed by atoms with Crippen molar-refractivity contribution >= 4 is 35.3 Å². The SMILES string of the molecule is Cc1cc(C)cc(N(C)C(=O)c2cccnc2SCc2ccnc(N(C)C(=O)OC(C)(C)C)c2)c1. The fraction of sp³-hybridized carbons (Fsp3) is 0.333. The number of nitrogens with zero attached hydrogens (tertiary/aromatic N) is 4. The average molecular weight is 493 g/mol. The second-order valence-electron chi connectivity index (χ2n) is 9.42. The molecule has 3 rings (SSSR count). The number of ether oxygens (including phenoxy) is 1. The van der Waals surface area contributed by atoms with Crippen molar-refractivity contribution in [3.63, 3.8) is 0 Å². The highest BCUT2D eigenvalue weighted by Crippen LogP contribution is 2.28. The summed E-state index contributed by atoms with van der Waals surface area (Å²) < 4.78 is 5.43. The van der Waals surface area contributed by atoms with Gasteiger partial charge in [0.2, 0.25) is 0 Å². The third-order valence-corrected chi connectivity index (χ3v) is 6.17. The summed E-state index contributed by atoms with van der Waals surface area (Å²) in [6, 6.07) is 13.4. The van der Waals surface area contributed by atoms with Crippen LogP contribution in [0.2, 0.25) is 0 Å². The minimum Gasteiger partial charge on any atom is -0.443 e. The highest BCUT2D eigenvalue weighted by molar-refractivity contribution is 7.98. The van der Waals surface area contributed by atoms with Crippen LogP contribution in [0.1, 0.15) is 47.8 Å². The fourth-order valence-corrected chi connectivity index (χ4v) is 4.35. The molecule has 0 spiro atoms. The molecular formula is C27H32N4O3S. The van der Waals surface area contributed by atoms with Crippen molar-refractivity contribution in [3.8, 4) is 0 Å². The number of aryl methyl sites for hydroxylation is 2. The molecule has 2 amide bonds. The quantitative estimate of drug-likeness (QED) is 0.391. The van der Waals surface area contributed by atoms with Crippen LogP contribution in [0.3, 0.4) is 0 Å². The summed E-state index contributed by atoms with van der Waals surface area (Å²) in [5, 5.41) is 0.646. The molecule has 0 bridgehead atoms. The molecule has 2 heterocycles. The second-order valence-corrected chi connectivity index (χ2v) is 10.4. The summed E-state index contributed by atoms with van der Waals surface area (Å²) in [5.41, 5.74) is 3.94. The Labute approximate surface area is 211 Å². The smallest absolute Gasteiger partial charge is 0.415 e. The van der Waals surface area contributed by atoms with Crippen LogP contribution in [0, 0.1) is 13.8 Å². The molecule has 2 aromatic heterocycles. The predicted molar refractivity (Wildman–Crippen MR) is 141 cm³/mol. The first kappa shape index (κ1) is 26.2. The summed E-state index contributed by atoms with van der Waals surface area (Å²) in [7, 11) is 3.41. The molecule has 0 aliphatic rings. The van der Waals surface area contributed by atoms with Crippen LogP contribution in [-0.2, 0) is 10.5 Å². The summed E-state index contributed by atoms with van der Waals surface area (Å²) in [5.74, 6) is 0.928. The molecule has 8 heteroatoms. The number of aromatic nitrogens is 2. The topological polar surface area (TPSA) is 75.6 Å². The van der Waals surface area contributed by atoms with Gasteiger partial charge in [-0.05, 0) is 87.7 Å². The molecule has 184 valence electrons. The van der Waals surface area contributed by atoms with Gasteiger partial charge in [-0.1, -0.05) is 6.07 Å². The van der Waals surface area contributed by atoms with Crippen molar-refractivity contribution in [2.75, 3.05) is 23.9 Å². The lowest BCUT2D eigenvalue weighted by atomic mass is 10.1. The van der Waals surface area contributed by atoms with Gasteiger partial charge in [0.15, 0.2) is 0 Å². The van der Waals surface area contributed by atoms with Gasteiger partial charge in [0.1, 0.15) is 16.4 Å². The second kappa shape index (κ2) is 10.9. The number of hydrogen-bond donors (Lipinski definition) is 0. The van der Waals surface area contributed by atoms with E-state index in [1.807, 2.05) is 58.9 Å². The van der Waals surface area contributed by atoms with Gasteiger partial charge in [-0.25, -0.2) is 14.8 Å². The van der Waals surface area contributed by atoms with E-state index in [4.69, 9.17) is 4.74 Å². The third-order valence-electron chi connectivity index (χ3n) is 5.10. The van der Waals surface area contributed by atoms with E-state index in [9.17, 15) is 9.59 Å². The number of pyridine rings is 2. The van der Waals surface area contributed by atoms with E-state index >= 15 is 0 Å². The van der Waals surface area contributed by atoms with Crippen LogP contribution >= 0.6 is 11.8 Å². The van der Waals surface area contributed by atoms with Gasteiger partial charge in [0.25, 0.3) is 5.91 Å². The average Bonchev–Trinajstić information content (AvgIpc) is 2.80. The van der Waals surface area contributed by atoms with E-state index in [1.54, 1.807) is 43.5 Å². The Morgan fingerprint density at radius 2 is 1.63 bits per heavy atom. The number of anilines is 2. The standard InChI is InChI=1S/C27H32N4O3S/c1-18-13-19(2)15-21(14-18)30(6)25(32)22-9-8-11-29-24(22)35-17-20-10-12-28-23(16-20)31(7)26(33)34-27(3,4)5/h8-16H,17H2,1-7H3. The van der Waals surface area contributed by atoms with Gasteiger partial charge in [-0.2, -0.15) is 0 Å². The fourth-order valence-electron chi connectivity index (χ4n) is 3.42. The number of carbonyl (C=O) groups is 2. The molecule has 0 saturated carbocycles. The van der Waals surface area contributed by atoms with Gasteiger partial charge < -0.3 is 9.64 Å². The van der Waals surface area contributed by atoms with Crippen molar-refractivity contribution in [1.82, 2.24) is 9.97 Å². The van der Waals surface area contributed by atoms with Gasteiger partial charge in [0.05, 0.1) is 5.56 Å². The molecule has 1 aromatic carbocycles. The lowest BCUT2D eigenvalue weighted by molar-refractivity contribution is 0.0588. The number of benzene rings is 1. The molecule has 0 saturated heterocycles. The van der Waals surface area contributed by atoms with E-state index in [1.165, 1.54) is 16.7 Å². The maximum atomic E-state index is 13.3. The molecular weight excluding hydrogens is 460 g/mol. The normalized spacial score (nSPS) is 11.2. The van der Waals surface area contributed by atoms with Crippen molar-refractivity contribution in [3.05, 3.63) is 77.1 Å². The highest BCUT2D eigenvalue weighted by Gasteiger charge is 2.22. The lowest BCUT2D eigenvalue weighted by Crippen LogP contribution is -2.34. The monoisotopic (exact) mass is 492 g/mol. The van der Waals surface area contributed by atoms with E-state index in [0.29, 0.717) is 22.2 Å². The van der Waals surface area contributed by atoms with E-state index in [0.717, 1.165) is 22.4 Å². The Morgan fingerprint density at radius 3 is 2.29 bits per heavy atom. The summed E-state index contributed by atoms with van der Waals surface area (Å²) >= 11 is 1.47. The zero-order valence-corrected chi connectivity index (χ0v) is 22.1. The molecule has 0 unspecified atom stereocenters. The van der Waals surface area contributed by atoms with E-state index < -0.39 is 11.7 Å². The van der Waals surface area contributed by atoms with Gasteiger partial charge in [-0.3, -0.25) is 9.69 Å². The van der Waals surface area contributed by atoms with E-state index in [-0.39, 0.29) is 5.91 Å². The molecule has 35 heavy (non-hydrogen) atoms. The molecule has 0 atom stereocenters. The first-order valence-corrected chi connectivity index (χ1v) is 12.3. The summed E-state index contributed by atoms with van der Waals surface area (Å²) in [4.78, 5) is 37.5. The Bertz CT molecular complexity index is 1200. The summed E-state index contributed by atoms with van der Waals surface area (Å²) in [6.45, 7) is 9.50. The van der Waals surface area contributed by atoms with Gasteiger partial charge in [-0.15, -0.1) is 11.8 Å². The van der Waals surface area contributed by atoms with Crippen LogP contribution in [0.4, 0.5) is 16.3 Å². The van der Waals surface area contributed by atoms with Gasteiger partial charge >= 0.3 is 6.09 Å². The van der Waals surface area contributed by atoms with Crippen molar-refractivity contribution in [2.45, 2.75) is 51.0 Å². The first-order valence-electron chi connectivity index (χ1n) is 11.3. The van der Waals surface area contributed by atoms with Crippen molar-refractivity contribution in [1.29, 1.82) is 0 Å². The van der Waals surface area contributed by atoms with Crippen molar-refractivity contribution < 1.29 is 14.3 Å². The number of amides is 2. The van der Waals surface area contributed by atoms with Crippen LogP contribution in [-0.4, -0.2) is 41.7 Å². The molecule has 7 nitrogen and oxygen atoms in total. The third kappa shape index (κ3) is 7.05. The highest BCUT2D eigenvalue weighted by atomic mass is 32.2. The molecule has 0 N–H and O–H groups in total. The maximum Gasteiger partial charge on any atom is 0.415 e. The number of hydrogen-bond acceptors (Lipinski definition) is 6. The maximum absolute atomic E-state index is 13.3. The molecule has 0 radical (unpaired) electrons. The zero-order chi connectivity index (χ0) is 25.8. The Balaban J connectivity index is 1.76. The minimum absolute atomic E-state index is 0.120. The number of rotatable bonds is 6. The summed E-state index contributed by atoms with van der Waals surface area (Å²) in [6.07, 6.45) is 2.87. The Kier molecular flexibility index (Phi) is 8.17. The Hall–Kier alpha value is -3.39. The Morgan fingerprint density at radius 1 is 0.943 bits per heavy atom. The van der Waals surface area contributed by atoms with Crippen LogP contribution < -0.4 is 9.80 Å². The first-order chi connectivity index (χ1) is 16.4. The van der Waals surface area contributed by atoms with Crippen LogP contribution in [0.25, 0.3) is 0 Å². The predicted octanol–water partition coefficient (Wildman–Crippen LogP) is 6.03. The van der Waals surface area contributed by atoms with Crippen LogP contribution in [0.5, 0.6) is 0 Å². The van der Waals surface area contributed by atoms with E-state index in [2.05, 4.69) is 16.0 Å². The molecule has 3 aromatic rings.